The lowest BCUT2D eigenvalue weighted by atomic mass is 10.3. The number of nitrogens with one attached hydrogen (secondary N) is 2. The van der Waals surface area contributed by atoms with Crippen LogP contribution >= 0.6 is 23.8 Å². The van der Waals surface area contributed by atoms with Gasteiger partial charge in [-0.3, -0.25) is 4.79 Å². The molecule has 0 saturated carbocycles. The number of anilines is 1. The molecule has 1 rings (SSSR count). The van der Waals surface area contributed by atoms with Crippen molar-refractivity contribution in [2.45, 2.75) is 26.8 Å². The minimum Gasteiger partial charge on any atom is -0.352 e. The van der Waals surface area contributed by atoms with Gasteiger partial charge in [-0.2, -0.15) is 0 Å². The van der Waals surface area contributed by atoms with Gasteiger partial charge in [0, 0.05) is 18.3 Å². The number of hydrogen-bond acceptors (Lipinski definition) is 2. The van der Waals surface area contributed by atoms with Crippen LogP contribution in [0.5, 0.6) is 0 Å². The van der Waals surface area contributed by atoms with E-state index in [1.807, 2.05) is 20.8 Å². The van der Waals surface area contributed by atoms with E-state index in [4.69, 9.17) is 23.8 Å². The summed E-state index contributed by atoms with van der Waals surface area (Å²) >= 11 is 11.0. The first-order chi connectivity index (χ1) is 9.83. The molecule has 0 aromatic heterocycles. The third kappa shape index (κ3) is 5.85. The molecule has 0 saturated heterocycles. The number of halogens is 2. The van der Waals surface area contributed by atoms with E-state index in [0.717, 1.165) is 0 Å². The fraction of sp³-hybridized carbons (Fsp3) is 0.429. The van der Waals surface area contributed by atoms with Crippen molar-refractivity contribution in [3.8, 4) is 0 Å². The van der Waals surface area contributed by atoms with E-state index >= 15 is 0 Å². The third-order valence-electron chi connectivity index (χ3n) is 2.62. The number of nitrogens with zero attached hydrogens (tertiary/aromatic N) is 1. The first-order valence-corrected chi connectivity index (χ1v) is 7.42. The van der Waals surface area contributed by atoms with Crippen LogP contribution in [0.1, 0.15) is 20.8 Å². The summed E-state index contributed by atoms with van der Waals surface area (Å²) in [6.45, 7) is 6.42. The lowest BCUT2D eigenvalue weighted by molar-refractivity contribution is -0.121. The highest BCUT2D eigenvalue weighted by Gasteiger charge is 2.13. The summed E-state index contributed by atoms with van der Waals surface area (Å²) < 4.78 is 13.1. The van der Waals surface area contributed by atoms with Crippen molar-refractivity contribution < 1.29 is 9.18 Å². The quantitative estimate of drug-likeness (QED) is 0.814. The number of thiocarbonyl (C=S) groups is 1. The van der Waals surface area contributed by atoms with Gasteiger partial charge in [0.2, 0.25) is 5.91 Å². The topological polar surface area (TPSA) is 44.4 Å². The summed E-state index contributed by atoms with van der Waals surface area (Å²) in [6, 6.07) is 4.32. The van der Waals surface area contributed by atoms with Crippen LogP contribution in [0, 0.1) is 5.82 Å². The largest absolute Gasteiger partial charge is 0.352 e. The van der Waals surface area contributed by atoms with Gasteiger partial charge >= 0.3 is 0 Å². The Morgan fingerprint density at radius 2 is 2.14 bits per heavy atom. The molecule has 1 aromatic carbocycles. The highest BCUT2D eigenvalue weighted by atomic mass is 35.5. The maximum Gasteiger partial charge on any atom is 0.239 e. The van der Waals surface area contributed by atoms with Crippen molar-refractivity contribution in [1.82, 2.24) is 10.2 Å². The minimum atomic E-state index is -0.489. The van der Waals surface area contributed by atoms with Gasteiger partial charge in [0.15, 0.2) is 5.11 Å². The molecule has 1 amide bonds. The average Bonchev–Trinajstić information content (AvgIpc) is 2.39. The lowest BCUT2D eigenvalue weighted by Crippen LogP contribution is -2.44. The van der Waals surface area contributed by atoms with Gasteiger partial charge < -0.3 is 15.5 Å². The van der Waals surface area contributed by atoms with Crippen LogP contribution in [0.15, 0.2) is 18.2 Å². The molecular formula is C14H19ClFN3OS. The lowest BCUT2D eigenvalue weighted by Gasteiger charge is -2.24. The first-order valence-electron chi connectivity index (χ1n) is 6.63. The van der Waals surface area contributed by atoms with Crippen molar-refractivity contribution in [3.63, 3.8) is 0 Å². The normalized spacial score (nSPS) is 10.4. The Morgan fingerprint density at radius 1 is 1.48 bits per heavy atom. The summed E-state index contributed by atoms with van der Waals surface area (Å²) in [7, 11) is 0. The van der Waals surface area contributed by atoms with Crippen LogP contribution in [-0.2, 0) is 4.79 Å². The van der Waals surface area contributed by atoms with Crippen molar-refractivity contribution in [2.75, 3.05) is 18.4 Å². The molecule has 0 aliphatic rings. The summed E-state index contributed by atoms with van der Waals surface area (Å²) in [5, 5.41) is 6.16. The molecule has 0 unspecified atom stereocenters. The predicted octanol–water partition coefficient (Wildman–Crippen LogP) is 3.02. The summed E-state index contributed by atoms with van der Waals surface area (Å²) in [4.78, 5) is 13.5. The maximum absolute atomic E-state index is 13.1. The van der Waals surface area contributed by atoms with Crippen molar-refractivity contribution >= 4 is 40.5 Å². The number of rotatable bonds is 5. The van der Waals surface area contributed by atoms with Crippen molar-refractivity contribution in [2.24, 2.45) is 0 Å². The zero-order valence-electron chi connectivity index (χ0n) is 12.2. The van der Waals surface area contributed by atoms with E-state index < -0.39 is 5.82 Å². The van der Waals surface area contributed by atoms with Gasteiger partial charge in [0.05, 0.1) is 11.6 Å². The van der Waals surface area contributed by atoms with E-state index in [1.165, 1.54) is 18.2 Å². The fourth-order valence-electron chi connectivity index (χ4n) is 1.64. The van der Waals surface area contributed by atoms with E-state index in [0.29, 0.717) is 17.3 Å². The monoisotopic (exact) mass is 331 g/mol. The Hall–Kier alpha value is -1.40. The predicted molar refractivity (Wildman–Crippen MR) is 88.2 cm³/mol. The number of amides is 1. The molecule has 0 heterocycles. The second-order valence-electron chi connectivity index (χ2n) is 4.80. The van der Waals surface area contributed by atoms with E-state index in [2.05, 4.69) is 10.6 Å². The molecule has 7 heteroatoms. The second kappa shape index (κ2) is 8.14. The molecule has 116 valence electrons. The smallest absolute Gasteiger partial charge is 0.239 e. The zero-order valence-corrected chi connectivity index (χ0v) is 13.8. The molecule has 0 radical (unpaired) electrons. The van der Waals surface area contributed by atoms with Crippen molar-refractivity contribution in [1.29, 1.82) is 0 Å². The van der Waals surface area contributed by atoms with Gasteiger partial charge in [0.25, 0.3) is 0 Å². The van der Waals surface area contributed by atoms with Gasteiger partial charge in [-0.05, 0) is 51.2 Å². The molecule has 0 bridgehead atoms. The first kappa shape index (κ1) is 17.7. The van der Waals surface area contributed by atoms with Crippen LogP contribution in [0.4, 0.5) is 10.1 Å². The zero-order chi connectivity index (χ0) is 16.0. The minimum absolute atomic E-state index is 0.0170. The van der Waals surface area contributed by atoms with Crippen LogP contribution in [0.2, 0.25) is 5.02 Å². The Morgan fingerprint density at radius 3 is 2.67 bits per heavy atom. The highest BCUT2D eigenvalue weighted by Crippen LogP contribution is 2.19. The molecule has 21 heavy (non-hydrogen) atoms. The van der Waals surface area contributed by atoms with E-state index in [1.54, 1.807) is 4.90 Å². The number of hydrogen-bond donors (Lipinski definition) is 2. The van der Waals surface area contributed by atoms with Gasteiger partial charge in [-0.1, -0.05) is 11.6 Å². The van der Waals surface area contributed by atoms with Crippen LogP contribution in [-0.4, -0.2) is 35.1 Å². The molecule has 0 atom stereocenters. The standard InChI is InChI=1S/C14H19ClFN3OS/c1-4-19(8-13(20)17-9(2)3)14(21)18-10-5-6-12(16)11(15)7-10/h5-7,9H,4,8H2,1-3H3,(H,17,20)(H,18,21). The maximum atomic E-state index is 13.1. The summed E-state index contributed by atoms with van der Waals surface area (Å²) in [5.41, 5.74) is 0.578. The molecule has 4 nitrogen and oxygen atoms in total. The SMILES string of the molecule is CCN(CC(=O)NC(C)C)C(=S)Nc1ccc(F)c(Cl)c1. The number of benzene rings is 1. The molecule has 2 N–H and O–H groups in total. The molecule has 0 spiro atoms. The average molecular weight is 332 g/mol. The van der Waals surface area contributed by atoms with E-state index in [9.17, 15) is 9.18 Å². The molecule has 0 aliphatic carbocycles. The molecular weight excluding hydrogens is 313 g/mol. The van der Waals surface area contributed by atoms with Crippen LogP contribution < -0.4 is 10.6 Å². The summed E-state index contributed by atoms with van der Waals surface area (Å²) in [6.07, 6.45) is 0. The van der Waals surface area contributed by atoms with Crippen molar-refractivity contribution in [3.05, 3.63) is 29.0 Å². The number of carbonyl (C=O) groups is 1. The Labute approximate surface area is 134 Å². The van der Waals surface area contributed by atoms with Gasteiger partial charge in [-0.25, -0.2) is 4.39 Å². The van der Waals surface area contributed by atoms with Gasteiger partial charge in [-0.15, -0.1) is 0 Å². The van der Waals surface area contributed by atoms with Crippen LogP contribution in [0.25, 0.3) is 0 Å². The highest BCUT2D eigenvalue weighted by molar-refractivity contribution is 7.80. The Balaban J connectivity index is 2.66. The Bertz CT molecular complexity index is 525. The Kier molecular flexibility index (Phi) is 6.84. The number of likely N-dealkylation sites (N-methyl/N-ethyl adjacent to an activating group) is 1. The third-order valence-corrected chi connectivity index (χ3v) is 3.27. The number of carbonyl (C=O) groups excluding carboxylic acids is 1. The van der Waals surface area contributed by atoms with Gasteiger partial charge in [0.1, 0.15) is 5.82 Å². The molecule has 0 fully saturated rings. The molecule has 0 aliphatic heterocycles. The fourth-order valence-corrected chi connectivity index (χ4v) is 2.14. The molecule has 1 aromatic rings. The summed E-state index contributed by atoms with van der Waals surface area (Å²) in [5.74, 6) is -0.593. The van der Waals surface area contributed by atoms with E-state index in [-0.39, 0.29) is 23.5 Å². The van der Waals surface area contributed by atoms with Crippen LogP contribution in [0.3, 0.4) is 0 Å². The second-order valence-corrected chi connectivity index (χ2v) is 5.59.